The minimum Gasteiger partial charge on any atom is -0.550 e. The van der Waals surface area contributed by atoms with E-state index in [1.54, 1.807) is 30.6 Å². The van der Waals surface area contributed by atoms with Gasteiger partial charge in [0.25, 0.3) is 0 Å². The van der Waals surface area contributed by atoms with Crippen LogP contribution in [0.3, 0.4) is 0 Å². The standard InChI is InChI=1S/C28H30FNO5/c1-18(2)26-15-24(35-17-19-9-11-30-12-10-19)16-27(20-3-5-21(29)6-4-20)25(26)8-7-22(31)13-23(32)14-28(33)34/h3-12,15-16,18,22-23,31-32H,13-14,17H2,1-2H3,(H,33,34)/p-1/b8-7+. The molecule has 3 rings (SSSR count). The Morgan fingerprint density at radius 3 is 2.43 bits per heavy atom. The van der Waals surface area contributed by atoms with Gasteiger partial charge in [-0.15, -0.1) is 0 Å². The van der Waals surface area contributed by atoms with Crippen molar-refractivity contribution in [1.82, 2.24) is 4.98 Å². The minimum atomic E-state index is -1.38. The van der Waals surface area contributed by atoms with Gasteiger partial charge >= 0.3 is 0 Å². The summed E-state index contributed by atoms with van der Waals surface area (Å²) in [5.74, 6) is -0.986. The first-order valence-corrected chi connectivity index (χ1v) is 11.4. The van der Waals surface area contributed by atoms with Crippen molar-refractivity contribution in [2.45, 2.75) is 51.4 Å². The maximum atomic E-state index is 13.6. The molecule has 0 bridgehead atoms. The number of aliphatic hydroxyl groups excluding tert-OH is 2. The van der Waals surface area contributed by atoms with Gasteiger partial charge in [0.05, 0.1) is 12.2 Å². The summed E-state index contributed by atoms with van der Waals surface area (Å²) in [7, 11) is 0. The Morgan fingerprint density at radius 2 is 1.80 bits per heavy atom. The van der Waals surface area contributed by atoms with Crippen LogP contribution in [0.15, 0.2) is 67.0 Å². The van der Waals surface area contributed by atoms with Crippen molar-refractivity contribution >= 4 is 12.0 Å². The van der Waals surface area contributed by atoms with Crippen LogP contribution in [0.25, 0.3) is 17.2 Å². The van der Waals surface area contributed by atoms with Gasteiger partial charge in [0, 0.05) is 31.2 Å². The molecule has 1 aromatic heterocycles. The Balaban J connectivity index is 1.98. The molecule has 0 spiro atoms. The fourth-order valence-electron chi connectivity index (χ4n) is 3.75. The van der Waals surface area contributed by atoms with Crippen molar-refractivity contribution in [1.29, 1.82) is 0 Å². The van der Waals surface area contributed by atoms with Gasteiger partial charge in [-0.25, -0.2) is 4.39 Å². The molecule has 0 radical (unpaired) electrons. The van der Waals surface area contributed by atoms with Crippen molar-refractivity contribution in [3.8, 4) is 16.9 Å². The van der Waals surface area contributed by atoms with E-state index in [9.17, 15) is 24.5 Å². The molecule has 0 fully saturated rings. The highest BCUT2D eigenvalue weighted by atomic mass is 19.1. The number of aliphatic hydroxyl groups is 2. The van der Waals surface area contributed by atoms with Crippen LogP contribution in [0.4, 0.5) is 4.39 Å². The van der Waals surface area contributed by atoms with Crippen molar-refractivity contribution in [2.24, 2.45) is 0 Å². The van der Waals surface area contributed by atoms with Gasteiger partial charge in [0.1, 0.15) is 18.2 Å². The summed E-state index contributed by atoms with van der Waals surface area (Å²) in [6.45, 7) is 4.43. The Kier molecular flexibility index (Phi) is 9.11. The van der Waals surface area contributed by atoms with E-state index < -0.39 is 24.6 Å². The lowest BCUT2D eigenvalue weighted by atomic mass is 9.89. The van der Waals surface area contributed by atoms with Gasteiger partial charge in [-0.3, -0.25) is 4.98 Å². The SMILES string of the molecule is CC(C)c1cc(OCc2ccncc2)cc(-c2ccc(F)cc2)c1/C=C/C(O)CC(O)CC(=O)[O-]. The van der Waals surface area contributed by atoms with E-state index in [1.807, 2.05) is 38.1 Å². The number of pyridine rings is 1. The molecule has 0 aliphatic rings. The van der Waals surface area contributed by atoms with Crippen LogP contribution < -0.4 is 9.84 Å². The molecule has 0 amide bonds. The van der Waals surface area contributed by atoms with Crippen LogP contribution in [0.5, 0.6) is 5.75 Å². The second-order valence-electron chi connectivity index (χ2n) is 8.67. The largest absolute Gasteiger partial charge is 0.550 e. The highest BCUT2D eigenvalue weighted by Gasteiger charge is 2.16. The van der Waals surface area contributed by atoms with E-state index in [-0.39, 0.29) is 18.2 Å². The predicted octanol–water partition coefficient (Wildman–Crippen LogP) is 3.86. The van der Waals surface area contributed by atoms with Gasteiger partial charge in [0.15, 0.2) is 0 Å². The number of hydrogen-bond donors (Lipinski definition) is 2. The van der Waals surface area contributed by atoms with Gasteiger partial charge in [-0.05, 0) is 70.1 Å². The van der Waals surface area contributed by atoms with E-state index >= 15 is 0 Å². The number of carbonyl (C=O) groups is 1. The van der Waals surface area contributed by atoms with E-state index in [0.29, 0.717) is 12.4 Å². The number of halogens is 1. The molecule has 2 atom stereocenters. The first-order valence-electron chi connectivity index (χ1n) is 11.4. The van der Waals surface area contributed by atoms with E-state index in [0.717, 1.165) is 27.8 Å². The average molecular weight is 479 g/mol. The number of carbonyl (C=O) groups excluding carboxylic acids is 1. The molecule has 2 N–H and O–H groups in total. The summed E-state index contributed by atoms with van der Waals surface area (Å²) in [5.41, 5.74) is 4.30. The second-order valence-corrected chi connectivity index (χ2v) is 8.67. The molecule has 7 heteroatoms. The van der Waals surface area contributed by atoms with Gasteiger partial charge in [-0.2, -0.15) is 0 Å². The molecule has 6 nitrogen and oxygen atoms in total. The van der Waals surface area contributed by atoms with Crippen molar-refractivity contribution in [3.05, 3.63) is 89.5 Å². The number of aromatic nitrogens is 1. The lowest BCUT2D eigenvalue weighted by molar-refractivity contribution is -0.307. The minimum absolute atomic E-state index is 0.0964. The summed E-state index contributed by atoms with van der Waals surface area (Å²) >= 11 is 0. The number of benzene rings is 2. The zero-order valence-electron chi connectivity index (χ0n) is 19.7. The van der Waals surface area contributed by atoms with Crippen molar-refractivity contribution in [3.63, 3.8) is 0 Å². The average Bonchev–Trinajstić information content (AvgIpc) is 2.81. The maximum Gasteiger partial charge on any atom is 0.123 e. The third kappa shape index (κ3) is 7.73. The zero-order chi connectivity index (χ0) is 25.4. The van der Waals surface area contributed by atoms with Crippen molar-refractivity contribution < 1.29 is 29.2 Å². The summed E-state index contributed by atoms with van der Waals surface area (Å²) in [5, 5.41) is 30.8. The molecule has 0 saturated carbocycles. The summed E-state index contributed by atoms with van der Waals surface area (Å²) in [6, 6.07) is 13.7. The Bertz CT molecular complexity index is 1150. The van der Waals surface area contributed by atoms with Gasteiger partial charge in [0.2, 0.25) is 0 Å². The van der Waals surface area contributed by atoms with Crippen LogP contribution in [-0.2, 0) is 11.4 Å². The molecule has 35 heavy (non-hydrogen) atoms. The summed E-state index contributed by atoms with van der Waals surface area (Å²) in [6.07, 6.45) is 3.70. The maximum absolute atomic E-state index is 13.6. The van der Waals surface area contributed by atoms with Crippen LogP contribution in [-0.4, -0.2) is 33.4 Å². The number of carboxylic acid groups (broad SMARTS) is 1. The molecule has 1 heterocycles. The quantitative estimate of drug-likeness (QED) is 0.434. The van der Waals surface area contributed by atoms with Gasteiger partial charge in [-0.1, -0.05) is 38.1 Å². The Labute approximate surface area is 204 Å². The normalized spacial score (nSPS) is 13.2. The molecule has 0 aliphatic carbocycles. The predicted molar refractivity (Wildman–Crippen MR) is 130 cm³/mol. The topological polar surface area (TPSA) is 103 Å². The third-order valence-corrected chi connectivity index (χ3v) is 5.52. The molecule has 2 unspecified atom stereocenters. The second kappa shape index (κ2) is 12.2. The Morgan fingerprint density at radius 1 is 1.11 bits per heavy atom. The van der Waals surface area contributed by atoms with Crippen LogP contribution in [0, 0.1) is 5.82 Å². The first-order chi connectivity index (χ1) is 16.7. The highest BCUT2D eigenvalue weighted by Crippen LogP contribution is 2.36. The van der Waals surface area contributed by atoms with E-state index in [1.165, 1.54) is 18.2 Å². The van der Waals surface area contributed by atoms with Gasteiger partial charge < -0.3 is 24.9 Å². The molecule has 3 aromatic rings. The fourth-order valence-corrected chi connectivity index (χ4v) is 3.75. The van der Waals surface area contributed by atoms with Crippen molar-refractivity contribution in [2.75, 3.05) is 0 Å². The number of nitrogens with zero attached hydrogens (tertiary/aromatic N) is 1. The molecule has 0 aliphatic heterocycles. The molecular formula is C28H29FNO5-. The number of aliphatic carboxylic acids is 1. The third-order valence-electron chi connectivity index (χ3n) is 5.52. The number of rotatable bonds is 11. The number of ether oxygens (including phenoxy) is 1. The first kappa shape index (κ1) is 26.1. The fraction of sp³-hybridized carbons (Fsp3) is 0.286. The Hall–Kier alpha value is -3.55. The zero-order valence-corrected chi connectivity index (χ0v) is 19.7. The smallest absolute Gasteiger partial charge is 0.123 e. The highest BCUT2D eigenvalue weighted by molar-refractivity contribution is 5.79. The number of carboxylic acids is 1. The molecule has 2 aromatic carbocycles. The number of hydrogen-bond acceptors (Lipinski definition) is 6. The molecular weight excluding hydrogens is 449 g/mol. The lowest BCUT2D eigenvalue weighted by Gasteiger charge is -2.19. The molecule has 184 valence electrons. The molecule has 0 saturated heterocycles. The van der Waals surface area contributed by atoms with E-state index in [4.69, 9.17) is 4.74 Å². The van der Waals surface area contributed by atoms with Crippen LogP contribution in [0.2, 0.25) is 0 Å². The monoisotopic (exact) mass is 478 g/mol. The summed E-state index contributed by atoms with van der Waals surface area (Å²) < 4.78 is 19.7. The van der Waals surface area contributed by atoms with Crippen LogP contribution in [0.1, 0.15) is 49.3 Å². The van der Waals surface area contributed by atoms with E-state index in [2.05, 4.69) is 4.98 Å². The lowest BCUT2D eigenvalue weighted by Crippen LogP contribution is -2.29. The summed E-state index contributed by atoms with van der Waals surface area (Å²) in [4.78, 5) is 14.7. The van der Waals surface area contributed by atoms with Crippen LogP contribution >= 0.6 is 0 Å².